The minimum atomic E-state index is -0.257. The van der Waals surface area contributed by atoms with Crippen LogP contribution in [0, 0.1) is 0 Å². The molecule has 1 saturated heterocycles. The van der Waals surface area contributed by atoms with E-state index in [1.165, 1.54) is 0 Å². The molecule has 1 amide bonds. The van der Waals surface area contributed by atoms with E-state index in [-0.39, 0.29) is 12.0 Å². The monoisotopic (exact) mass is 403 g/mol. The second-order valence-electron chi connectivity index (χ2n) is 4.92. The van der Waals surface area contributed by atoms with Crippen LogP contribution in [0.15, 0.2) is 39.4 Å². The lowest BCUT2D eigenvalue weighted by Crippen LogP contribution is -2.42. The maximum Gasteiger partial charge on any atom is 0.289 e. The molecule has 0 N–H and O–H groups in total. The Morgan fingerprint density at radius 1 is 1.23 bits per heavy atom. The van der Waals surface area contributed by atoms with E-state index in [2.05, 4.69) is 15.9 Å². The van der Waals surface area contributed by atoms with E-state index in [1.54, 1.807) is 35.2 Å². The van der Waals surface area contributed by atoms with Crippen molar-refractivity contribution >= 4 is 45.0 Å². The van der Waals surface area contributed by atoms with Crippen LogP contribution in [0.2, 0.25) is 10.0 Å². The fourth-order valence-corrected chi connectivity index (χ4v) is 3.23. The van der Waals surface area contributed by atoms with E-state index in [0.717, 1.165) is 5.56 Å². The number of nitrogens with zero attached hydrogens (tertiary/aromatic N) is 1. The third kappa shape index (κ3) is 3.49. The quantitative estimate of drug-likeness (QED) is 0.736. The molecule has 116 valence electrons. The highest BCUT2D eigenvalue weighted by molar-refractivity contribution is 9.10. The van der Waals surface area contributed by atoms with Crippen molar-refractivity contribution < 1.29 is 13.9 Å². The Morgan fingerprint density at radius 2 is 1.95 bits per heavy atom. The van der Waals surface area contributed by atoms with Gasteiger partial charge in [-0.05, 0) is 51.8 Å². The van der Waals surface area contributed by atoms with Gasteiger partial charge in [-0.1, -0.05) is 23.2 Å². The molecule has 1 aliphatic rings. The van der Waals surface area contributed by atoms with Crippen molar-refractivity contribution in [2.45, 2.75) is 6.10 Å². The molecule has 1 aromatic carbocycles. The highest BCUT2D eigenvalue weighted by Crippen LogP contribution is 2.28. The number of carbonyl (C=O) groups is 1. The first kappa shape index (κ1) is 15.9. The summed E-state index contributed by atoms with van der Waals surface area (Å²) >= 11 is 15.2. The SMILES string of the molecule is O=C(c1ccc(Br)o1)N1CCOC(c2cc(Cl)cc(Cl)c2)C1. The zero-order valence-corrected chi connectivity index (χ0v) is 14.5. The van der Waals surface area contributed by atoms with Gasteiger partial charge in [-0.3, -0.25) is 4.79 Å². The maximum absolute atomic E-state index is 12.4. The minimum absolute atomic E-state index is 0.160. The predicted molar refractivity (Wildman–Crippen MR) is 87.5 cm³/mol. The van der Waals surface area contributed by atoms with Crippen LogP contribution < -0.4 is 0 Å². The lowest BCUT2D eigenvalue weighted by Gasteiger charge is -2.32. The highest BCUT2D eigenvalue weighted by Gasteiger charge is 2.28. The number of benzene rings is 1. The Hall–Kier alpha value is -1.01. The fourth-order valence-electron chi connectivity index (χ4n) is 2.38. The lowest BCUT2D eigenvalue weighted by atomic mass is 10.1. The first-order valence-electron chi connectivity index (χ1n) is 6.65. The van der Waals surface area contributed by atoms with Gasteiger partial charge in [-0.2, -0.15) is 0 Å². The standard InChI is InChI=1S/C15H12BrCl2NO3/c16-14-2-1-12(22-14)15(20)19-3-4-21-13(8-19)9-5-10(17)7-11(18)6-9/h1-2,5-7,13H,3-4,8H2. The molecule has 1 unspecified atom stereocenters. The van der Waals surface area contributed by atoms with Gasteiger partial charge in [0.25, 0.3) is 5.91 Å². The second kappa shape index (κ2) is 6.62. The van der Waals surface area contributed by atoms with Crippen molar-refractivity contribution in [3.8, 4) is 0 Å². The number of ether oxygens (including phenoxy) is 1. The third-order valence-electron chi connectivity index (χ3n) is 3.39. The predicted octanol–water partition coefficient (Wildman–Crippen LogP) is 4.56. The fraction of sp³-hybridized carbons (Fsp3) is 0.267. The van der Waals surface area contributed by atoms with Crippen molar-refractivity contribution in [1.82, 2.24) is 4.90 Å². The molecule has 0 bridgehead atoms. The van der Waals surface area contributed by atoms with Crippen LogP contribution in [0.4, 0.5) is 0 Å². The summed E-state index contributed by atoms with van der Waals surface area (Å²) in [4.78, 5) is 14.1. The van der Waals surface area contributed by atoms with Crippen molar-refractivity contribution in [2.75, 3.05) is 19.7 Å². The van der Waals surface area contributed by atoms with Crippen LogP contribution >= 0.6 is 39.1 Å². The summed E-state index contributed by atoms with van der Waals surface area (Å²) in [7, 11) is 0. The van der Waals surface area contributed by atoms with E-state index < -0.39 is 0 Å². The lowest BCUT2D eigenvalue weighted by molar-refractivity contribution is -0.0238. The van der Waals surface area contributed by atoms with Gasteiger partial charge >= 0.3 is 0 Å². The summed E-state index contributed by atoms with van der Waals surface area (Å²) in [5.41, 5.74) is 0.857. The molecule has 1 aromatic heterocycles. The molecule has 22 heavy (non-hydrogen) atoms. The molecular formula is C15H12BrCl2NO3. The number of amides is 1. The molecule has 2 heterocycles. The largest absolute Gasteiger partial charge is 0.444 e. The topological polar surface area (TPSA) is 42.7 Å². The van der Waals surface area contributed by atoms with Crippen LogP contribution in [0.25, 0.3) is 0 Å². The van der Waals surface area contributed by atoms with Crippen LogP contribution in [0.3, 0.4) is 0 Å². The second-order valence-corrected chi connectivity index (χ2v) is 6.57. The van der Waals surface area contributed by atoms with Crippen molar-refractivity contribution in [3.63, 3.8) is 0 Å². The van der Waals surface area contributed by atoms with E-state index in [9.17, 15) is 4.79 Å². The van der Waals surface area contributed by atoms with Gasteiger partial charge in [-0.25, -0.2) is 0 Å². The van der Waals surface area contributed by atoms with Crippen LogP contribution in [0.5, 0.6) is 0 Å². The number of halogens is 3. The molecule has 7 heteroatoms. The molecule has 1 fully saturated rings. The van der Waals surface area contributed by atoms with Gasteiger partial charge in [0.2, 0.25) is 0 Å². The minimum Gasteiger partial charge on any atom is -0.444 e. The smallest absolute Gasteiger partial charge is 0.289 e. The van der Waals surface area contributed by atoms with E-state index >= 15 is 0 Å². The molecule has 1 aliphatic heterocycles. The summed E-state index contributed by atoms with van der Waals surface area (Å²) in [6, 6.07) is 8.61. The van der Waals surface area contributed by atoms with E-state index in [0.29, 0.717) is 40.2 Å². The molecule has 0 aliphatic carbocycles. The Morgan fingerprint density at radius 3 is 2.59 bits per heavy atom. The molecule has 0 saturated carbocycles. The summed E-state index contributed by atoms with van der Waals surface area (Å²) in [5.74, 6) is 0.142. The summed E-state index contributed by atoms with van der Waals surface area (Å²) in [5, 5.41) is 1.09. The number of hydrogen-bond donors (Lipinski definition) is 0. The van der Waals surface area contributed by atoms with Gasteiger partial charge in [-0.15, -0.1) is 0 Å². The molecule has 0 spiro atoms. The van der Waals surface area contributed by atoms with Crippen LogP contribution in [-0.2, 0) is 4.74 Å². The summed E-state index contributed by atoms with van der Waals surface area (Å²) < 4.78 is 11.6. The molecule has 3 rings (SSSR count). The average molecular weight is 405 g/mol. The highest BCUT2D eigenvalue weighted by atomic mass is 79.9. The first-order chi connectivity index (χ1) is 10.5. The van der Waals surface area contributed by atoms with Gasteiger partial charge in [0.15, 0.2) is 10.4 Å². The Bertz CT molecular complexity index is 684. The first-order valence-corrected chi connectivity index (χ1v) is 8.20. The number of hydrogen-bond acceptors (Lipinski definition) is 3. The molecule has 4 nitrogen and oxygen atoms in total. The summed E-state index contributed by atoms with van der Waals surface area (Å²) in [6.45, 7) is 1.39. The van der Waals surface area contributed by atoms with Crippen molar-refractivity contribution in [3.05, 3.63) is 56.4 Å². The Balaban J connectivity index is 1.78. The van der Waals surface area contributed by atoms with Crippen LogP contribution in [-0.4, -0.2) is 30.5 Å². The molecule has 0 radical (unpaired) electrons. The van der Waals surface area contributed by atoms with Crippen molar-refractivity contribution in [1.29, 1.82) is 0 Å². The molecule has 1 atom stereocenters. The van der Waals surface area contributed by atoms with E-state index in [1.807, 2.05) is 0 Å². The average Bonchev–Trinajstić information content (AvgIpc) is 2.92. The Kier molecular flexibility index (Phi) is 4.78. The van der Waals surface area contributed by atoms with Gasteiger partial charge in [0.05, 0.1) is 13.2 Å². The number of carbonyl (C=O) groups excluding carboxylic acids is 1. The van der Waals surface area contributed by atoms with E-state index in [4.69, 9.17) is 32.4 Å². The summed E-state index contributed by atoms with van der Waals surface area (Å²) in [6.07, 6.45) is -0.257. The third-order valence-corrected chi connectivity index (χ3v) is 4.26. The zero-order valence-electron chi connectivity index (χ0n) is 11.4. The molecule has 2 aromatic rings. The Labute approximate surface area is 146 Å². The number of furan rings is 1. The number of rotatable bonds is 2. The van der Waals surface area contributed by atoms with Crippen LogP contribution in [0.1, 0.15) is 22.2 Å². The van der Waals surface area contributed by atoms with Gasteiger partial charge < -0.3 is 14.1 Å². The van der Waals surface area contributed by atoms with Crippen molar-refractivity contribution in [2.24, 2.45) is 0 Å². The maximum atomic E-state index is 12.4. The van der Waals surface area contributed by atoms with Gasteiger partial charge in [0.1, 0.15) is 6.10 Å². The number of morpholine rings is 1. The van der Waals surface area contributed by atoms with Gasteiger partial charge in [0, 0.05) is 16.6 Å². The zero-order chi connectivity index (χ0) is 15.7. The normalized spacial score (nSPS) is 18.5. The molecular weight excluding hydrogens is 393 g/mol.